The van der Waals surface area contributed by atoms with E-state index >= 15 is 0 Å². The topological polar surface area (TPSA) is 298 Å². The lowest BCUT2D eigenvalue weighted by Crippen LogP contribution is -1.96. The molecule has 0 heterocycles. The Balaban J connectivity index is 0.000000674. The van der Waals surface area contributed by atoms with Gasteiger partial charge in [-0.3, -0.25) is 33.6 Å². The van der Waals surface area contributed by atoms with Crippen LogP contribution in [0.25, 0.3) is 0 Å². The van der Waals surface area contributed by atoms with Gasteiger partial charge in [-0.15, -0.1) is 82.3 Å². The van der Waals surface area contributed by atoms with Crippen LogP contribution in [0, 0.1) is 0 Å². The highest BCUT2D eigenvalue weighted by Crippen LogP contribution is 2.32. The Morgan fingerprint density at radius 1 is 0.261 bits per heavy atom. The molecule has 28 heteroatoms. The molecule has 0 aliphatic rings. The first-order chi connectivity index (χ1) is 55.5. The maximum absolute atomic E-state index is 10.4. The molecule has 7 N–H and O–H groups in total. The van der Waals surface area contributed by atoms with Crippen molar-refractivity contribution >= 4 is 159 Å². The zero-order valence-electron chi connectivity index (χ0n) is 66.3. The molecule has 7 aromatic rings. The van der Waals surface area contributed by atoms with Gasteiger partial charge in [-0.25, -0.2) is 0 Å². The second kappa shape index (κ2) is 72.6. The summed E-state index contributed by atoms with van der Waals surface area (Å²) in [7, 11) is 6.70. The molecule has 7 aromatic carbocycles. The normalized spacial score (nSPS) is 10.2. The number of halogens is 3. The Morgan fingerprint density at radius 2 is 0.522 bits per heavy atom. The van der Waals surface area contributed by atoms with Gasteiger partial charge in [0.05, 0.1) is 39.2 Å². The summed E-state index contributed by atoms with van der Waals surface area (Å²) in [5.41, 5.74) is 0. The number of hydrogen-bond donors (Lipinski definition) is 7. The van der Waals surface area contributed by atoms with Crippen molar-refractivity contribution in [3.8, 4) is 23.0 Å². The molecule has 7 rings (SSSR count). The first-order valence-corrected chi connectivity index (χ1v) is 46.2. The van der Waals surface area contributed by atoms with Gasteiger partial charge in [-0.05, 0) is 227 Å². The number of thioether (sulfide) groups is 7. The van der Waals surface area contributed by atoms with Gasteiger partial charge in [0.25, 0.3) is 0 Å². The molecular formula is C87H115Cl3O18S7. The maximum Gasteiger partial charge on any atom is 0.313 e. The third-order valence-corrected chi connectivity index (χ3v) is 24.0. The van der Waals surface area contributed by atoms with Gasteiger partial charge in [0.15, 0.2) is 0 Å². The second-order valence-corrected chi connectivity index (χ2v) is 34.4. The fraction of sp³-hybridized carbons (Fsp3) is 0.437. The summed E-state index contributed by atoms with van der Waals surface area (Å²) < 4.78 is 20.8. The molecule has 0 spiro atoms. The second-order valence-electron chi connectivity index (χ2n) is 25.1. The molecule has 634 valence electrons. The Labute approximate surface area is 725 Å². The highest BCUT2D eigenvalue weighted by Gasteiger charge is 2.08. The van der Waals surface area contributed by atoms with Gasteiger partial charge in [0.1, 0.15) is 23.0 Å². The Kier molecular flexibility index (Phi) is 67.1. The van der Waals surface area contributed by atoms with Crippen molar-refractivity contribution in [1.29, 1.82) is 0 Å². The van der Waals surface area contributed by atoms with Crippen molar-refractivity contribution in [2.75, 3.05) is 68.7 Å². The number of methoxy groups -OCH3 is 4. The first-order valence-electron chi connectivity index (χ1n) is 38.2. The number of carboxylic acid groups (broad SMARTS) is 7. The number of carboxylic acids is 7. The number of aliphatic carboxylic acids is 7. The lowest BCUT2D eigenvalue weighted by molar-refractivity contribution is -0.138. The van der Waals surface area contributed by atoms with Crippen LogP contribution in [0.3, 0.4) is 0 Å². The molecule has 115 heavy (non-hydrogen) atoms. The number of carbonyl (C=O) groups is 7. The number of hydrogen-bond acceptors (Lipinski definition) is 18. The van der Waals surface area contributed by atoms with Crippen LogP contribution in [0.2, 0.25) is 15.1 Å². The number of ether oxygens (including phenoxy) is 4. The molecule has 0 aliphatic carbocycles. The number of unbranched alkanes of at least 4 members (excludes halogenated alkanes) is 15. The molecule has 0 aromatic heterocycles. The Bertz CT molecular complexity index is 3770. The van der Waals surface area contributed by atoms with Gasteiger partial charge in [-0.1, -0.05) is 147 Å². The monoisotopic (exact) mass is 1780 g/mol. The minimum Gasteiger partial charge on any atom is -0.497 e. The summed E-state index contributed by atoms with van der Waals surface area (Å²) >= 11 is 29.4. The third kappa shape index (κ3) is 65.0. The standard InChI is InChI=1S/C17H26O3S.C15H22O3S.C13H18O3S.C12H16O3S.2C11H13ClO2S.C8H7ClO2S/c1-20-15-10-9-11-16(14-15)21-13-8-6-4-2-3-5-7-12-17(18)19;1-18-13-8-7-9-14(12-13)19-11-6-4-2-3-5-10-15(16)17;1-16-11-6-5-7-12(10-11)17-9-4-2-3-8-13(14)15;1-15-10-6-2-3-7-11(10)16-9-5-4-8-12(13)14;12-9-4-3-5-10(8-9)15-7-2-1-6-11(13)14;12-9-5-1-2-6-10(9)15-8-4-3-7-11(13)14;9-6-2-1-3-7(4-6)12-5-8(10)11/h9-11,14H,2-8,12-13H2,1H3,(H,18,19);7-9,12H,2-6,10-11H2,1H3,(H,16,17);5-7,10H,2-4,8-9H2,1H3,(H,14,15);2-3,6-7H,4-5,8-9H2,1H3,(H,13,14);3-5,8H,1-2,6-7H2,(H,13,14);1-2,5-6H,3-4,7-8H2,(H,13,14);1-4H,5H2,(H,10,11). The predicted octanol–water partition coefficient (Wildman–Crippen LogP) is 25.6. The molecular weight excluding hydrogens is 1660 g/mol. The molecule has 0 saturated heterocycles. The molecule has 0 saturated carbocycles. The van der Waals surface area contributed by atoms with E-state index in [1.807, 2.05) is 145 Å². The Morgan fingerprint density at radius 3 is 0.843 bits per heavy atom. The average molecular weight is 1780 g/mol. The summed E-state index contributed by atoms with van der Waals surface area (Å²) in [4.78, 5) is 79.9. The van der Waals surface area contributed by atoms with Crippen molar-refractivity contribution in [2.24, 2.45) is 0 Å². The SMILES string of the molecule is COc1cccc(SCCCCCC(=O)O)c1.COc1cccc(SCCCCCCCC(=O)O)c1.COc1cccc(SCCCCCCCCCC(=O)O)c1.COc1ccccc1SCCCCC(=O)O.O=C(O)CCCCSc1cccc(Cl)c1.O=C(O)CCCCSc1ccccc1Cl.O=C(O)CSc1cccc(Cl)c1. The van der Waals surface area contributed by atoms with Crippen molar-refractivity contribution in [1.82, 2.24) is 0 Å². The summed E-state index contributed by atoms with van der Waals surface area (Å²) in [5, 5.41) is 61.4. The van der Waals surface area contributed by atoms with E-state index in [-0.39, 0.29) is 31.4 Å². The minimum atomic E-state index is -0.819. The molecule has 0 atom stereocenters. The van der Waals surface area contributed by atoms with Crippen molar-refractivity contribution < 1.29 is 88.3 Å². The smallest absolute Gasteiger partial charge is 0.313 e. The molecule has 0 bridgehead atoms. The molecule has 0 radical (unpaired) electrons. The van der Waals surface area contributed by atoms with Crippen LogP contribution in [0.1, 0.15) is 173 Å². The summed E-state index contributed by atoms with van der Waals surface area (Å²) in [6.07, 6.45) is 22.7. The van der Waals surface area contributed by atoms with E-state index < -0.39 is 41.8 Å². The highest BCUT2D eigenvalue weighted by molar-refractivity contribution is 8.00. The van der Waals surface area contributed by atoms with E-state index in [0.717, 1.165) is 183 Å². The summed E-state index contributed by atoms with van der Waals surface area (Å²) in [5.74, 6) is 4.64. The largest absolute Gasteiger partial charge is 0.497 e. The fourth-order valence-corrected chi connectivity index (χ4v) is 16.9. The highest BCUT2D eigenvalue weighted by atomic mass is 35.5. The molecule has 0 unspecified atom stereocenters. The number of benzene rings is 7. The maximum atomic E-state index is 10.4. The van der Waals surface area contributed by atoms with Crippen molar-refractivity contribution in [3.63, 3.8) is 0 Å². The lowest BCUT2D eigenvalue weighted by atomic mass is 10.1. The zero-order chi connectivity index (χ0) is 84.7. The minimum absolute atomic E-state index is 0.0698. The van der Waals surface area contributed by atoms with E-state index in [0.29, 0.717) is 17.9 Å². The van der Waals surface area contributed by atoms with E-state index in [2.05, 4.69) is 30.3 Å². The molecule has 0 aliphatic heterocycles. The number of para-hydroxylation sites is 1. The van der Waals surface area contributed by atoms with Crippen molar-refractivity contribution in [3.05, 3.63) is 185 Å². The zero-order valence-corrected chi connectivity index (χ0v) is 74.3. The Hall–Kier alpha value is -6.65. The van der Waals surface area contributed by atoms with Gasteiger partial charge in [0.2, 0.25) is 0 Å². The van der Waals surface area contributed by atoms with E-state index in [9.17, 15) is 33.6 Å². The third-order valence-electron chi connectivity index (χ3n) is 15.5. The lowest BCUT2D eigenvalue weighted by Gasteiger charge is -2.06. The van der Waals surface area contributed by atoms with Crippen LogP contribution < -0.4 is 18.9 Å². The van der Waals surface area contributed by atoms with Gasteiger partial charge >= 0.3 is 41.8 Å². The quantitative estimate of drug-likeness (QED) is 0.0138. The van der Waals surface area contributed by atoms with E-state index in [1.165, 1.54) is 65.0 Å². The van der Waals surface area contributed by atoms with Crippen LogP contribution in [-0.2, 0) is 33.6 Å². The van der Waals surface area contributed by atoms with Gasteiger partial charge in [-0.2, -0.15) is 0 Å². The van der Waals surface area contributed by atoms with Gasteiger partial charge in [0, 0.05) is 82.8 Å². The van der Waals surface area contributed by atoms with Crippen LogP contribution >= 0.6 is 117 Å². The van der Waals surface area contributed by atoms with Crippen LogP contribution in [-0.4, -0.2) is 146 Å². The predicted molar refractivity (Wildman–Crippen MR) is 480 cm³/mol. The van der Waals surface area contributed by atoms with E-state index in [4.69, 9.17) is 89.5 Å². The van der Waals surface area contributed by atoms with Gasteiger partial charge < -0.3 is 54.7 Å². The summed E-state index contributed by atoms with van der Waals surface area (Å²) in [6.45, 7) is 0. The fourth-order valence-electron chi connectivity index (χ4n) is 9.62. The molecule has 18 nitrogen and oxygen atoms in total. The molecule has 0 fully saturated rings. The van der Waals surface area contributed by atoms with Crippen LogP contribution in [0.5, 0.6) is 23.0 Å². The van der Waals surface area contributed by atoms with Crippen LogP contribution in [0.4, 0.5) is 0 Å². The van der Waals surface area contributed by atoms with E-state index in [1.54, 1.807) is 93.7 Å². The van der Waals surface area contributed by atoms with Crippen LogP contribution in [0.15, 0.2) is 204 Å². The summed E-state index contributed by atoms with van der Waals surface area (Å²) in [6, 6.07) is 54.6. The first kappa shape index (κ1) is 106. The number of rotatable bonds is 52. The molecule has 0 amide bonds. The average Bonchev–Trinajstić information content (AvgIpc) is 0.985. The van der Waals surface area contributed by atoms with Crippen molar-refractivity contribution in [2.45, 2.75) is 208 Å².